The number of amides is 1. The van der Waals surface area contributed by atoms with E-state index in [0.717, 1.165) is 0 Å². The van der Waals surface area contributed by atoms with Gasteiger partial charge in [-0.3, -0.25) is 19.6 Å². The summed E-state index contributed by atoms with van der Waals surface area (Å²) in [5.74, 6) is -1.06. The molecule has 10 heteroatoms. The van der Waals surface area contributed by atoms with Crippen molar-refractivity contribution >= 4 is 40.6 Å². The Bertz CT molecular complexity index is 1060. The summed E-state index contributed by atoms with van der Waals surface area (Å²) >= 11 is 12.1. The number of halogens is 3. The van der Waals surface area contributed by atoms with Gasteiger partial charge in [0.15, 0.2) is 5.82 Å². The number of carbonyl (C=O) groups is 1. The Morgan fingerprint density at radius 2 is 2.04 bits per heavy atom. The van der Waals surface area contributed by atoms with Gasteiger partial charge in [0.2, 0.25) is 0 Å². The Morgan fingerprint density at radius 1 is 1.29 bits per heavy atom. The number of aromatic nitrogens is 2. The van der Waals surface area contributed by atoms with Crippen molar-refractivity contribution in [3.05, 3.63) is 85.3 Å². The molecule has 3 aromatic rings. The molecule has 0 atom stereocenters. The minimum absolute atomic E-state index is 0.0110. The van der Waals surface area contributed by atoms with E-state index in [1.54, 1.807) is 13.0 Å². The summed E-state index contributed by atoms with van der Waals surface area (Å²) in [6.07, 6.45) is 1.41. The third-order valence-corrected chi connectivity index (χ3v) is 4.63. The Kier molecular flexibility index (Phi) is 5.62. The molecule has 1 aromatic heterocycles. The first-order valence-electron chi connectivity index (χ1n) is 7.98. The SMILES string of the molecule is Cc1ccc(C(=O)Nc2nn(Cc3c(F)cccc3Cl)cc2Cl)cc1[N+](=O)[O-]. The van der Waals surface area contributed by atoms with Crippen molar-refractivity contribution in [3.63, 3.8) is 0 Å². The summed E-state index contributed by atoms with van der Waals surface area (Å²) in [6.45, 7) is 1.59. The third kappa shape index (κ3) is 4.13. The number of anilines is 1. The van der Waals surface area contributed by atoms with E-state index < -0.39 is 16.6 Å². The first kappa shape index (κ1) is 19.8. The van der Waals surface area contributed by atoms with Gasteiger partial charge in [0.1, 0.15) is 10.8 Å². The van der Waals surface area contributed by atoms with Crippen molar-refractivity contribution in [2.45, 2.75) is 13.5 Å². The van der Waals surface area contributed by atoms with Gasteiger partial charge in [-0.1, -0.05) is 35.3 Å². The molecule has 0 saturated heterocycles. The summed E-state index contributed by atoms with van der Waals surface area (Å²) in [5.41, 5.74) is 0.583. The zero-order valence-electron chi connectivity index (χ0n) is 14.4. The lowest BCUT2D eigenvalue weighted by Crippen LogP contribution is -2.13. The second-order valence-corrected chi connectivity index (χ2v) is 6.75. The number of rotatable bonds is 5. The molecule has 1 N–H and O–H groups in total. The fraction of sp³-hybridized carbons (Fsp3) is 0.111. The number of nitro benzene ring substituents is 1. The molecule has 0 radical (unpaired) electrons. The molecule has 0 spiro atoms. The van der Waals surface area contributed by atoms with Crippen LogP contribution in [0, 0.1) is 22.9 Å². The standard InChI is InChI=1S/C18H13Cl2FN4O3/c1-10-5-6-11(7-16(10)25(27)28)18(26)22-17-14(20)9-24(23-17)8-12-13(19)3-2-4-15(12)21/h2-7,9H,8H2,1H3,(H,22,23,26). The number of hydrogen-bond acceptors (Lipinski definition) is 4. The van der Waals surface area contributed by atoms with E-state index in [1.807, 2.05) is 0 Å². The van der Waals surface area contributed by atoms with Gasteiger partial charge in [-0.05, 0) is 25.1 Å². The summed E-state index contributed by atoms with van der Waals surface area (Å²) in [4.78, 5) is 22.9. The van der Waals surface area contributed by atoms with Crippen LogP contribution < -0.4 is 5.32 Å². The fourth-order valence-corrected chi connectivity index (χ4v) is 2.96. The summed E-state index contributed by atoms with van der Waals surface area (Å²) in [6, 6.07) is 8.44. The Hall–Kier alpha value is -2.97. The topological polar surface area (TPSA) is 90.1 Å². The van der Waals surface area contributed by atoms with Gasteiger partial charge < -0.3 is 5.32 Å². The smallest absolute Gasteiger partial charge is 0.273 e. The first-order valence-corrected chi connectivity index (χ1v) is 8.74. The maximum absolute atomic E-state index is 13.9. The molecular formula is C18H13Cl2FN4O3. The number of benzene rings is 2. The van der Waals surface area contributed by atoms with Crippen LogP contribution >= 0.6 is 23.2 Å². The highest BCUT2D eigenvalue weighted by Crippen LogP contribution is 2.25. The lowest BCUT2D eigenvalue weighted by atomic mass is 10.1. The first-order chi connectivity index (χ1) is 13.3. The van der Waals surface area contributed by atoms with E-state index in [0.29, 0.717) is 5.56 Å². The van der Waals surface area contributed by atoms with Crippen LogP contribution in [0.25, 0.3) is 0 Å². The average Bonchev–Trinajstić information content (AvgIpc) is 2.97. The van der Waals surface area contributed by atoms with Crippen molar-refractivity contribution < 1.29 is 14.1 Å². The van der Waals surface area contributed by atoms with Crippen LogP contribution in [0.3, 0.4) is 0 Å². The van der Waals surface area contributed by atoms with Crippen LogP contribution in [0.4, 0.5) is 15.9 Å². The lowest BCUT2D eigenvalue weighted by molar-refractivity contribution is -0.385. The van der Waals surface area contributed by atoms with E-state index in [4.69, 9.17) is 23.2 Å². The van der Waals surface area contributed by atoms with Gasteiger partial charge in [-0.15, -0.1) is 0 Å². The predicted molar refractivity (Wildman–Crippen MR) is 104 cm³/mol. The zero-order chi connectivity index (χ0) is 20.4. The van der Waals surface area contributed by atoms with Gasteiger partial charge >= 0.3 is 0 Å². The molecule has 144 valence electrons. The molecule has 0 fully saturated rings. The third-order valence-electron chi connectivity index (χ3n) is 4.00. The quantitative estimate of drug-likeness (QED) is 0.470. The normalized spacial score (nSPS) is 10.7. The highest BCUT2D eigenvalue weighted by Gasteiger charge is 2.18. The molecule has 28 heavy (non-hydrogen) atoms. The number of nitrogens with one attached hydrogen (secondary N) is 1. The van der Waals surface area contributed by atoms with Crippen LogP contribution in [0.15, 0.2) is 42.6 Å². The van der Waals surface area contributed by atoms with Gasteiger partial charge in [-0.25, -0.2) is 4.39 Å². The van der Waals surface area contributed by atoms with Crippen LogP contribution in [0.1, 0.15) is 21.5 Å². The number of carbonyl (C=O) groups excluding carboxylic acids is 1. The molecule has 0 saturated carbocycles. The number of hydrogen-bond donors (Lipinski definition) is 1. The van der Waals surface area contributed by atoms with E-state index in [2.05, 4.69) is 10.4 Å². The largest absolute Gasteiger partial charge is 0.304 e. The second-order valence-electron chi connectivity index (χ2n) is 5.94. The van der Waals surface area contributed by atoms with Gasteiger partial charge in [0, 0.05) is 34.0 Å². The molecule has 7 nitrogen and oxygen atoms in total. The maximum atomic E-state index is 13.9. The van der Waals surface area contributed by atoms with E-state index in [1.165, 1.54) is 41.2 Å². The second kappa shape index (κ2) is 7.95. The predicted octanol–water partition coefficient (Wildman–Crippen LogP) is 4.85. The molecule has 2 aromatic carbocycles. The zero-order valence-corrected chi connectivity index (χ0v) is 16.0. The molecule has 1 heterocycles. The van der Waals surface area contributed by atoms with E-state index in [9.17, 15) is 19.3 Å². The summed E-state index contributed by atoms with van der Waals surface area (Å²) in [5, 5.41) is 18.0. The Morgan fingerprint density at radius 3 is 2.71 bits per heavy atom. The summed E-state index contributed by atoms with van der Waals surface area (Å²) < 4.78 is 15.3. The van der Waals surface area contributed by atoms with Gasteiger partial charge in [0.25, 0.3) is 11.6 Å². The van der Waals surface area contributed by atoms with Crippen molar-refractivity contribution in [2.75, 3.05) is 5.32 Å². The molecule has 0 aliphatic heterocycles. The molecule has 0 unspecified atom stereocenters. The average molecular weight is 423 g/mol. The van der Waals surface area contributed by atoms with Crippen molar-refractivity contribution in [1.29, 1.82) is 0 Å². The van der Waals surface area contributed by atoms with E-state index in [-0.39, 0.29) is 39.2 Å². The summed E-state index contributed by atoms with van der Waals surface area (Å²) in [7, 11) is 0. The maximum Gasteiger partial charge on any atom is 0.273 e. The Balaban J connectivity index is 1.81. The van der Waals surface area contributed by atoms with Crippen LogP contribution in [-0.4, -0.2) is 20.6 Å². The highest BCUT2D eigenvalue weighted by molar-refractivity contribution is 6.33. The van der Waals surface area contributed by atoms with Crippen LogP contribution in [0.5, 0.6) is 0 Å². The van der Waals surface area contributed by atoms with Gasteiger partial charge in [0.05, 0.1) is 11.5 Å². The molecule has 0 bridgehead atoms. The monoisotopic (exact) mass is 422 g/mol. The number of nitrogens with zero attached hydrogens (tertiary/aromatic N) is 3. The fourth-order valence-electron chi connectivity index (χ4n) is 2.54. The molecule has 1 amide bonds. The van der Waals surface area contributed by atoms with Crippen LogP contribution in [0.2, 0.25) is 10.0 Å². The van der Waals surface area contributed by atoms with Gasteiger partial charge in [-0.2, -0.15) is 5.10 Å². The molecular weight excluding hydrogens is 410 g/mol. The van der Waals surface area contributed by atoms with Crippen molar-refractivity contribution in [2.24, 2.45) is 0 Å². The minimum atomic E-state index is -0.612. The van der Waals surface area contributed by atoms with Crippen molar-refractivity contribution in [1.82, 2.24) is 9.78 Å². The number of aryl methyl sites for hydroxylation is 1. The minimum Gasteiger partial charge on any atom is -0.304 e. The number of nitro groups is 1. The highest BCUT2D eigenvalue weighted by atomic mass is 35.5. The van der Waals surface area contributed by atoms with Crippen molar-refractivity contribution in [3.8, 4) is 0 Å². The molecule has 0 aliphatic carbocycles. The Labute approximate surface area is 168 Å². The lowest BCUT2D eigenvalue weighted by Gasteiger charge is -2.06. The molecule has 3 rings (SSSR count). The molecule has 0 aliphatic rings. The van der Waals surface area contributed by atoms with Crippen LogP contribution in [-0.2, 0) is 6.54 Å². The van der Waals surface area contributed by atoms with E-state index >= 15 is 0 Å².